The number of halogens is 2. The topological polar surface area (TPSA) is 87.3 Å². The van der Waals surface area contributed by atoms with Gasteiger partial charge in [0.1, 0.15) is 17.7 Å². The van der Waals surface area contributed by atoms with Crippen LogP contribution in [0.25, 0.3) is 0 Å². The van der Waals surface area contributed by atoms with Gasteiger partial charge in [0.15, 0.2) is 0 Å². The van der Waals surface area contributed by atoms with E-state index in [4.69, 9.17) is 0 Å². The third kappa shape index (κ3) is 5.46. The first-order chi connectivity index (χ1) is 16.3. The quantitative estimate of drug-likeness (QED) is 0.524. The number of hydrogen-bond donors (Lipinski definition) is 3. The summed E-state index contributed by atoms with van der Waals surface area (Å²) in [5.41, 5.74) is 3.60. The molecule has 0 saturated heterocycles. The molecule has 0 aromatic heterocycles. The zero-order valence-electron chi connectivity index (χ0n) is 18.4. The predicted molar refractivity (Wildman–Crippen MR) is 123 cm³/mol. The second-order valence-electron chi connectivity index (χ2n) is 8.23. The minimum absolute atomic E-state index is 0.0494. The van der Waals surface area contributed by atoms with Crippen molar-refractivity contribution in [1.29, 1.82) is 0 Å². The molecule has 174 valence electrons. The van der Waals surface area contributed by atoms with E-state index in [9.17, 15) is 23.2 Å². The first-order valence-electron chi connectivity index (χ1n) is 10.8. The van der Waals surface area contributed by atoms with Crippen LogP contribution in [0.3, 0.4) is 0 Å². The molecule has 0 spiro atoms. The van der Waals surface area contributed by atoms with Gasteiger partial charge in [0.05, 0.1) is 18.9 Å². The highest BCUT2D eigenvalue weighted by Gasteiger charge is 2.25. The van der Waals surface area contributed by atoms with Crippen molar-refractivity contribution in [3.05, 3.63) is 101 Å². The van der Waals surface area contributed by atoms with E-state index >= 15 is 0 Å². The fraction of sp³-hybridized carbons (Fsp3) is 0.192. The van der Waals surface area contributed by atoms with E-state index in [0.29, 0.717) is 12.1 Å². The Bertz CT molecular complexity index is 1220. The van der Waals surface area contributed by atoms with E-state index in [1.54, 1.807) is 12.1 Å². The summed E-state index contributed by atoms with van der Waals surface area (Å²) in [7, 11) is 0. The van der Waals surface area contributed by atoms with Crippen molar-refractivity contribution < 1.29 is 23.2 Å². The van der Waals surface area contributed by atoms with Crippen molar-refractivity contribution in [1.82, 2.24) is 10.6 Å². The number of hydrogen-bond acceptors (Lipinski definition) is 3. The lowest BCUT2D eigenvalue weighted by atomic mass is 9.89. The van der Waals surface area contributed by atoms with Crippen molar-refractivity contribution in [3.63, 3.8) is 0 Å². The second kappa shape index (κ2) is 9.82. The van der Waals surface area contributed by atoms with Gasteiger partial charge < -0.3 is 16.0 Å². The summed E-state index contributed by atoms with van der Waals surface area (Å²) in [5, 5.41) is 8.24. The Morgan fingerprint density at radius 3 is 2.41 bits per heavy atom. The summed E-state index contributed by atoms with van der Waals surface area (Å²) < 4.78 is 26.6. The van der Waals surface area contributed by atoms with Gasteiger partial charge >= 0.3 is 0 Å². The molecule has 1 heterocycles. The maximum atomic E-state index is 13.3. The fourth-order valence-corrected chi connectivity index (χ4v) is 3.97. The molecule has 0 fully saturated rings. The first kappa shape index (κ1) is 23.1. The van der Waals surface area contributed by atoms with Crippen LogP contribution in [0.1, 0.15) is 35.2 Å². The molecule has 3 amide bonds. The van der Waals surface area contributed by atoms with Crippen molar-refractivity contribution >= 4 is 23.4 Å². The molecular weight excluding hydrogens is 440 g/mol. The van der Waals surface area contributed by atoms with Crippen molar-refractivity contribution in [3.8, 4) is 0 Å². The number of fused-ring (bicyclic) bond motifs is 1. The van der Waals surface area contributed by atoms with Crippen LogP contribution >= 0.6 is 0 Å². The highest BCUT2D eigenvalue weighted by atomic mass is 19.1. The van der Waals surface area contributed by atoms with Gasteiger partial charge in [-0.1, -0.05) is 36.4 Å². The molecule has 2 atom stereocenters. The number of rotatable bonds is 6. The Labute approximate surface area is 195 Å². The predicted octanol–water partition coefficient (Wildman–Crippen LogP) is 3.41. The Morgan fingerprint density at radius 1 is 1.03 bits per heavy atom. The summed E-state index contributed by atoms with van der Waals surface area (Å²) >= 11 is 0. The zero-order valence-corrected chi connectivity index (χ0v) is 18.4. The van der Waals surface area contributed by atoms with Gasteiger partial charge in [-0.15, -0.1) is 0 Å². The van der Waals surface area contributed by atoms with E-state index in [1.165, 1.54) is 6.92 Å². The molecule has 3 aromatic rings. The fourth-order valence-electron chi connectivity index (χ4n) is 3.97. The van der Waals surface area contributed by atoms with E-state index in [0.717, 1.165) is 34.9 Å². The molecule has 6 nitrogen and oxygen atoms in total. The monoisotopic (exact) mass is 463 g/mol. The van der Waals surface area contributed by atoms with Gasteiger partial charge in [0.2, 0.25) is 17.7 Å². The van der Waals surface area contributed by atoms with Gasteiger partial charge in [-0.2, -0.15) is 0 Å². The number of carbonyl (C=O) groups excluding carboxylic acids is 3. The lowest BCUT2D eigenvalue weighted by Crippen LogP contribution is -2.42. The maximum absolute atomic E-state index is 13.3. The third-order valence-corrected chi connectivity index (χ3v) is 5.59. The molecule has 1 aliphatic rings. The number of nitrogens with one attached hydrogen (secondary N) is 3. The van der Waals surface area contributed by atoms with E-state index in [1.807, 2.05) is 36.4 Å². The summed E-state index contributed by atoms with van der Waals surface area (Å²) in [5.74, 6) is -2.56. The molecule has 34 heavy (non-hydrogen) atoms. The molecule has 0 radical (unpaired) electrons. The summed E-state index contributed by atoms with van der Waals surface area (Å²) in [6.07, 6.45) is 0.0914. The van der Waals surface area contributed by atoms with Gasteiger partial charge in [0.25, 0.3) is 0 Å². The Kier molecular flexibility index (Phi) is 6.67. The van der Waals surface area contributed by atoms with Crippen molar-refractivity contribution in [2.24, 2.45) is 0 Å². The number of benzene rings is 3. The van der Waals surface area contributed by atoms with E-state index < -0.39 is 29.5 Å². The molecule has 1 unspecified atom stereocenters. The second-order valence-corrected chi connectivity index (χ2v) is 8.23. The van der Waals surface area contributed by atoms with E-state index in [2.05, 4.69) is 16.0 Å². The van der Waals surface area contributed by atoms with Gasteiger partial charge in [-0.3, -0.25) is 14.4 Å². The van der Waals surface area contributed by atoms with Crippen LogP contribution in [-0.4, -0.2) is 23.8 Å². The van der Waals surface area contributed by atoms with Gasteiger partial charge in [0, 0.05) is 11.8 Å². The zero-order chi connectivity index (χ0) is 24.2. The highest BCUT2D eigenvalue weighted by Crippen LogP contribution is 2.29. The molecule has 1 aliphatic heterocycles. The number of amides is 3. The SMILES string of the molecule is C[C@H](NC(=O)Cc1cc(F)cc(F)c1)C(=O)Nc1ccc(C2NC(=O)Cc3ccccc32)cc1. The summed E-state index contributed by atoms with van der Waals surface area (Å²) in [4.78, 5) is 36.8. The molecule has 0 bridgehead atoms. The number of carbonyl (C=O) groups is 3. The first-order valence-corrected chi connectivity index (χ1v) is 10.8. The lowest BCUT2D eigenvalue weighted by Gasteiger charge is -2.27. The molecule has 0 aliphatic carbocycles. The molecule has 8 heteroatoms. The van der Waals surface area contributed by atoms with Crippen LogP contribution in [-0.2, 0) is 27.2 Å². The van der Waals surface area contributed by atoms with E-state index in [-0.39, 0.29) is 23.9 Å². The maximum Gasteiger partial charge on any atom is 0.246 e. The van der Waals surface area contributed by atoms with Crippen LogP contribution in [0.15, 0.2) is 66.7 Å². The highest BCUT2D eigenvalue weighted by molar-refractivity contribution is 5.97. The van der Waals surface area contributed by atoms with Crippen LogP contribution < -0.4 is 16.0 Å². The molecular formula is C26H23F2N3O3. The standard InChI is InChI=1S/C26H23F2N3O3/c1-15(29-23(32)12-16-10-19(27)14-20(28)11-16)26(34)30-21-8-6-17(7-9-21)25-22-5-3-2-4-18(22)13-24(33)31-25/h2-11,14-15,25H,12-13H2,1H3,(H,29,32)(H,30,34)(H,31,33)/t15-,25?/m0/s1. The smallest absolute Gasteiger partial charge is 0.246 e. The summed E-state index contributed by atoms with van der Waals surface area (Å²) in [6, 6.07) is 16.6. The Morgan fingerprint density at radius 2 is 1.71 bits per heavy atom. The minimum Gasteiger partial charge on any atom is -0.345 e. The number of anilines is 1. The summed E-state index contributed by atoms with van der Waals surface area (Å²) in [6.45, 7) is 1.52. The molecule has 4 rings (SSSR count). The van der Waals surface area contributed by atoms with Crippen LogP contribution in [0.2, 0.25) is 0 Å². The van der Waals surface area contributed by atoms with Gasteiger partial charge in [-0.05, 0) is 53.4 Å². The van der Waals surface area contributed by atoms with Crippen molar-refractivity contribution in [2.45, 2.75) is 31.8 Å². The van der Waals surface area contributed by atoms with Crippen LogP contribution in [0.4, 0.5) is 14.5 Å². The van der Waals surface area contributed by atoms with Crippen LogP contribution in [0, 0.1) is 11.6 Å². The average Bonchev–Trinajstić information content (AvgIpc) is 2.78. The molecule has 3 aromatic carbocycles. The van der Waals surface area contributed by atoms with Crippen LogP contribution in [0.5, 0.6) is 0 Å². The average molecular weight is 463 g/mol. The Hall–Kier alpha value is -4.07. The normalized spacial score (nSPS) is 15.6. The third-order valence-electron chi connectivity index (χ3n) is 5.59. The molecule has 0 saturated carbocycles. The largest absolute Gasteiger partial charge is 0.345 e. The Balaban J connectivity index is 1.36. The molecule has 3 N–H and O–H groups in total. The minimum atomic E-state index is -0.866. The van der Waals surface area contributed by atoms with Crippen molar-refractivity contribution in [2.75, 3.05) is 5.32 Å². The van der Waals surface area contributed by atoms with Gasteiger partial charge in [-0.25, -0.2) is 8.78 Å². The lowest BCUT2D eigenvalue weighted by molar-refractivity contribution is -0.125.